The van der Waals surface area contributed by atoms with Crippen molar-refractivity contribution < 1.29 is 9.18 Å². The van der Waals surface area contributed by atoms with E-state index in [0.29, 0.717) is 10.9 Å². The monoisotopic (exact) mass is 242 g/mol. The van der Waals surface area contributed by atoms with Crippen molar-refractivity contribution in [2.75, 3.05) is 0 Å². The first kappa shape index (κ1) is 10.9. The molecule has 3 nitrogen and oxygen atoms in total. The zero-order valence-corrected chi connectivity index (χ0v) is 10.1. The Morgan fingerprint density at radius 2 is 2.11 bits per heavy atom. The van der Waals surface area contributed by atoms with Crippen molar-refractivity contribution >= 4 is 27.7 Å². The lowest BCUT2D eigenvalue weighted by Gasteiger charge is -2.04. The molecule has 3 aromatic rings. The summed E-state index contributed by atoms with van der Waals surface area (Å²) < 4.78 is 15.2. The maximum atomic E-state index is 13.7. The number of aromatic nitrogens is 2. The summed E-state index contributed by atoms with van der Waals surface area (Å²) >= 11 is 0. The molecule has 0 atom stereocenters. The third-order valence-corrected chi connectivity index (χ3v) is 3.15. The third-order valence-electron chi connectivity index (χ3n) is 3.15. The predicted octanol–water partition coefficient (Wildman–Crippen LogP) is 3.30. The number of carbonyl (C=O) groups excluding carboxylic acids is 1. The molecule has 0 unspecified atom stereocenters. The summed E-state index contributed by atoms with van der Waals surface area (Å²) in [4.78, 5) is 15.8. The molecule has 2 heterocycles. The first-order valence-corrected chi connectivity index (χ1v) is 5.65. The molecule has 0 aliphatic rings. The minimum absolute atomic E-state index is 0.0927. The molecule has 0 spiro atoms. The van der Waals surface area contributed by atoms with Crippen LogP contribution in [0.5, 0.6) is 0 Å². The Morgan fingerprint density at radius 3 is 2.83 bits per heavy atom. The molecule has 0 aliphatic carbocycles. The molecule has 18 heavy (non-hydrogen) atoms. The summed E-state index contributed by atoms with van der Waals surface area (Å²) in [6, 6.07) is 4.79. The van der Waals surface area contributed by atoms with E-state index >= 15 is 0 Å². The van der Waals surface area contributed by atoms with Gasteiger partial charge in [-0.1, -0.05) is 12.1 Å². The number of hydrogen-bond donors (Lipinski definition) is 0. The molecule has 90 valence electrons. The first-order chi connectivity index (χ1) is 8.59. The van der Waals surface area contributed by atoms with Crippen LogP contribution in [0.4, 0.5) is 4.39 Å². The largest absolute Gasteiger partial charge is 0.286 e. The zero-order valence-electron chi connectivity index (χ0n) is 10.1. The SMILES string of the molecule is CC(=O)n1cc(C)c2cnc3c(F)cccc3c21. The lowest BCUT2D eigenvalue weighted by atomic mass is 10.1. The number of nitrogens with zero attached hydrogens (tertiary/aromatic N) is 2. The Labute approximate surface area is 103 Å². The normalized spacial score (nSPS) is 11.3. The lowest BCUT2D eigenvalue weighted by Crippen LogP contribution is -2.03. The molecule has 0 saturated heterocycles. The number of halogens is 1. The van der Waals surface area contributed by atoms with Gasteiger partial charge in [0.15, 0.2) is 0 Å². The van der Waals surface area contributed by atoms with E-state index in [0.717, 1.165) is 16.5 Å². The van der Waals surface area contributed by atoms with Crippen LogP contribution in [0.15, 0.2) is 30.6 Å². The van der Waals surface area contributed by atoms with Crippen molar-refractivity contribution in [2.45, 2.75) is 13.8 Å². The van der Waals surface area contributed by atoms with Gasteiger partial charge in [0.2, 0.25) is 5.91 Å². The third kappa shape index (κ3) is 1.35. The number of hydrogen-bond acceptors (Lipinski definition) is 2. The average molecular weight is 242 g/mol. The first-order valence-electron chi connectivity index (χ1n) is 5.65. The predicted molar refractivity (Wildman–Crippen MR) is 68.2 cm³/mol. The van der Waals surface area contributed by atoms with Gasteiger partial charge in [0.25, 0.3) is 0 Å². The van der Waals surface area contributed by atoms with Crippen LogP contribution in [-0.4, -0.2) is 15.5 Å². The number of fused-ring (bicyclic) bond motifs is 3. The van der Waals surface area contributed by atoms with E-state index in [1.165, 1.54) is 13.0 Å². The van der Waals surface area contributed by atoms with Crippen LogP contribution in [0.25, 0.3) is 21.8 Å². The van der Waals surface area contributed by atoms with Crippen molar-refractivity contribution in [3.63, 3.8) is 0 Å². The Hall–Kier alpha value is -2.23. The molecule has 0 amide bonds. The van der Waals surface area contributed by atoms with Gasteiger partial charge in [0.1, 0.15) is 11.3 Å². The number of rotatable bonds is 0. The quantitative estimate of drug-likeness (QED) is 0.606. The second kappa shape index (κ2) is 3.63. The molecule has 0 N–H and O–H groups in total. The van der Waals surface area contributed by atoms with Crippen LogP contribution in [0.1, 0.15) is 17.3 Å². The van der Waals surface area contributed by atoms with Crippen LogP contribution < -0.4 is 0 Å². The molecule has 0 radical (unpaired) electrons. The summed E-state index contributed by atoms with van der Waals surface area (Å²) in [5, 5.41) is 1.54. The Kier molecular flexibility index (Phi) is 2.20. The number of carbonyl (C=O) groups is 1. The van der Waals surface area contributed by atoms with Gasteiger partial charge < -0.3 is 0 Å². The Morgan fingerprint density at radius 1 is 1.33 bits per heavy atom. The van der Waals surface area contributed by atoms with Crippen molar-refractivity contribution in [1.82, 2.24) is 9.55 Å². The highest BCUT2D eigenvalue weighted by atomic mass is 19.1. The van der Waals surface area contributed by atoms with E-state index in [-0.39, 0.29) is 11.7 Å². The standard InChI is InChI=1S/C14H11FN2O/c1-8-7-17(9(2)18)14-10-4-3-5-12(15)13(10)16-6-11(8)14/h3-7H,1-2H3. The summed E-state index contributed by atoms with van der Waals surface area (Å²) in [6.07, 6.45) is 3.38. The second-order valence-corrected chi connectivity index (χ2v) is 4.36. The topological polar surface area (TPSA) is 34.9 Å². The fraction of sp³-hybridized carbons (Fsp3) is 0.143. The van der Waals surface area contributed by atoms with Gasteiger partial charge in [-0.25, -0.2) is 4.39 Å². The lowest BCUT2D eigenvalue weighted by molar-refractivity contribution is 0.0941. The van der Waals surface area contributed by atoms with Crippen LogP contribution in [0, 0.1) is 12.7 Å². The van der Waals surface area contributed by atoms with Gasteiger partial charge in [0, 0.05) is 30.1 Å². The van der Waals surface area contributed by atoms with Crippen molar-refractivity contribution in [3.05, 3.63) is 42.0 Å². The van der Waals surface area contributed by atoms with Gasteiger partial charge in [-0.15, -0.1) is 0 Å². The summed E-state index contributed by atoms with van der Waals surface area (Å²) in [7, 11) is 0. The van der Waals surface area contributed by atoms with E-state index in [1.807, 2.05) is 6.92 Å². The van der Waals surface area contributed by atoms with E-state index in [9.17, 15) is 9.18 Å². The van der Waals surface area contributed by atoms with Gasteiger partial charge in [-0.3, -0.25) is 14.3 Å². The highest BCUT2D eigenvalue weighted by Gasteiger charge is 2.13. The smallest absolute Gasteiger partial charge is 0.227 e. The number of para-hydroxylation sites is 1. The molecule has 1 aromatic carbocycles. The maximum Gasteiger partial charge on any atom is 0.227 e. The number of pyridine rings is 1. The minimum Gasteiger partial charge on any atom is -0.286 e. The molecule has 3 rings (SSSR count). The van der Waals surface area contributed by atoms with Crippen LogP contribution >= 0.6 is 0 Å². The van der Waals surface area contributed by atoms with E-state index in [2.05, 4.69) is 4.98 Å². The fourth-order valence-corrected chi connectivity index (χ4v) is 2.30. The van der Waals surface area contributed by atoms with Gasteiger partial charge in [-0.2, -0.15) is 0 Å². The van der Waals surface area contributed by atoms with Crippen LogP contribution in [0.3, 0.4) is 0 Å². The van der Waals surface area contributed by atoms with Crippen LogP contribution in [0.2, 0.25) is 0 Å². The molecular weight excluding hydrogens is 231 g/mol. The van der Waals surface area contributed by atoms with E-state index < -0.39 is 0 Å². The summed E-state index contributed by atoms with van der Waals surface area (Å²) in [5.74, 6) is -0.465. The van der Waals surface area contributed by atoms with Gasteiger partial charge in [0.05, 0.1) is 5.52 Å². The molecule has 2 aromatic heterocycles. The molecule has 0 saturated carbocycles. The average Bonchev–Trinajstić information content (AvgIpc) is 2.68. The van der Waals surface area contributed by atoms with Crippen molar-refractivity contribution in [1.29, 1.82) is 0 Å². The zero-order chi connectivity index (χ0) is 12.9. The highest BCUT2D eigenvalue weighted by Crippen LogP contribution is 2.28. The minimum atomic E-state index is -0.372. The number of aryl methyl sites for hydroxylation is 1. The molecule has 0 aliphatic heterocycles. The highest BCUT2D eigenvalue weighted by molar-refractivity contribution is 6.08. The van der Waals surface area contributed by atoms with E-state index in [1.54, 1.807) is 29.1 Å². The van der Waals surface area contributed by atoms with Gasteiger partial charge >= 0.3 is 0 Å². The maximum absolute atomic E-state index is 13.7. The summed E-state index contributed by atoms with van der Waals surface area (Å²) in [6.45, 7) is 3.40. The van der Waals surface area contributed by atoms with Crippen molar-refractivity contribution in [3.8, 4) is 0 Å². The fourth-order valence-electron chi connectivity index (χ4n) is 2.30. The van der Waals surface area contributed by atoms with Gasteiger partial charge in [-0.05, 0) is 18.6 Å². The Balaban J connectivity index is 2.60. The second-order valence-electron chi connectivity index (χ2n) is 4.36. The molecular formula is C14H11FN2O. The summed E-state index contributed by atoms with van der Waals surface area (Å²) in [5.41, 5.74) is 1.98. The van der Waals surface area contributed by atoms with Crippen LogP contribution in [-0.2, 0) is 0 Å². The Bertz CT molecular complexity index is 789. The number of benzene rings is 1. The molecule has 0 bridgehead atoms. The molecule has 0 fully saturated rings. The van der Waals surface area contributed by atoms with Crippen molar-refractivity contribution in [2.24, 2.45) is 0 Å². The molecule has 4 heteroatoms. The van der Waals surface area contributed by atoms with E-state index in [4.69, 9.17) is 0 Å².